The lowest BCUT2D eigenvalue weighted by molar-refractivity contribution is 0.600. The molecule has 2 aromatic rings. The highest BCUT2D eigenvalue weighted by molar-refractivity contribution is 7.89. The molecule has 0 saturated heterocycles. The quantitative estimate of drug-likeness (QED) is 0.880. The van der Waals surface area contributed by atoms with E-state index in [4.69, 9.17) is 11.6 Å². The van der Waals surface area contributed by atoms with Gasteiger partial charge in [0.15, 0.2) is 9.84 Å². The molecule has 0 fully saturated rings. The molecule has 0 aliphatic carbocycles. The van der Waals surface area contributed by atoms with Crippen LogP contribution in [-0.4, -0.2) is 19.7 Å². The van der Waals surface area contributed by atoms with Crippen LogP contribution in [0, 0.1) is 0 Å². The Bertz CT molecular complexity index is 601. The fourth-order valence-corrected chi connectivity index (χ4v) is 2.49. The molecule has 0 bridgehead atoms. The van der Waals surface area contributed by atoms with E-state index in [-0.39, 0.29) is 5.75 Å². The van der Waals surface area contributed by atoms with Crippen molar-refractivity contribution in [3.05, 3.63) is 35.0 Å². The summed E-state index contributed by atoms with van der Waals surface area (Å²) in [6.07, 6.45) is 1.21. The van der Waals surface area contributed by atoms with Gasteiger partial charge in [0, 0.05) is 17.3 Å². The number of hydrogen-bond donors (Lipinski definition) is 1. The second kappa shape index (κ2) is 3.54. The summed E-state index contributed by atoms with van der Waals surface area (Å²) in [6, 6.07) is 7.30. The number of nitrogens with one attached hydrogen (secondary N) is 1. The average molecular weight is 244 g/mol. The fourth-order valence-electron chi connectivity index (χ4n) is 1.54. The molecular formula is C10H10ClNO2S. The van der Waals surface area contributed by atoms with Crippen molar-refractivity contribution >= 4 is 32.3 Å². The van der Waals surface area contributed by atoms with Gasteiger partial charge in [-0.3, -0.25) is 0 Å². The summed E-state index contributed by atoms with van der Waals surface area (Å²) in [6.45, 7) is 0. The Morgan fingerprint density at radius 3 is 2.73 bits per heavy atom. The Labute approximate surface area is 93.0 Å². The van der Waals surface area contributed by atoms with E-state index in [0.717, 1.165) is 10.9 Å². The van der Waals surface area contributed by atoms with Crippen molar-refractivity contribution in [1.82, 2.24) is 4.98 Å². The van der Waals surface area contributed by atoms with Gasteiger partial charge < -0.3 is 4.98 Å². The molecule has 0 saturated carbocycles. The standard InChI is InChI=1S/C10H10ClNO2S/c1-15(13,14)6-8-5-7-3-2-4-9(11)10(7)12-8/h2-5,12H,6H2,1H3. The van der Waals surface area contributed by atoms with E-state index in [1.807, 2.05) is 18.2 Å². The number of sulfone groups is 1. The summed E-state index contributed by atoms with van der Waals surface area (Å²) < 4.78 is 22.2. The molecule has 5 heteroatoms. The smallest absolute Gasteiger partial charge is 0.153 e. The zero-order valence-corrected chi connectivity index (χ0v) is 9.69. The highest BCUT2D eigenvalue weighted by atomic mass is 35.5. The maximum Gasteiger partial charge on any atom is 0.153 e. The van der Waals surface area contributed by atoms with Crippen LogP contribution >= 0.6 is 11.6 Å². The van der Waals surface area contributed by atoms with E-state index < -0.39 is 9.84 Å². The number of fused-ring (bicyclic) bond motifs is 1. The van der Waals surface area contributed by atoms with Crippen molar-refractivity contribution in [3.63, 3.8) is 0 Å². The third-order valence-electron chi connectivity index (χ3n) is 2.08. The first-order valence-electron chi connectivity index (χ1n) is 4.39. The Hall–Kier alpha value is -1.00. The molecule has 0 aliphatic rings. The maximum atomic E-state index is 11.1. The highest BCUT2D eigenvalue weighted by Gasteiger charge is 2.08. The first kappa shape index (κ1) is 10.5. The predicted molar refractivity (Wildman–Crippen MR) is 61.9 cm³/mol. The second-order valence-electron chi connectivity index (χ2n) is 3.57. The van der Waals surface area contributed by atoms with Gasteiger partial charge in [0.25, 0.3) is 0 Å². The summed E-state index contributed by atoms with van der Waals surface area (Å²) in [7, 11) is -3.01. The number of benzene rings is 1. The molecule has 80 valence electrons. The van der Waals surface area contributed by atoms with Gasteiger partial charge in [-0.15, -0.1) is 0 Å². The number of halogens is 1. The maximum absolute atomic E-state index is 11.1. The van der Waals surface area contributed by atoms with Gasteiger partial charge in [0.05, 0.1) is 16.3 Å². The van der Waals surface area contributed by atoms with Crippen LogP contribution in [0.5, 0.6) is 0 Å². The number of para-hydroxylation sites is 1. The van der Waals surface area contributed by atoms with Crippen molar-refractivity contribution in [3.8, 4) is 0 Å². The molecule has 0 aliphatic heterocycles. The SMILES string of the molecule is CS(=O)(=O)Cc1cc2cccc(Cl)c2[nH]1. The first-order chi connectivity index (χ1) is 6.96. The van der Waals surface area contributed by atoms with E-state index in [1.165, 1.54) is 6.26 Å². The topological polar surface area (TPSA) is 49.9 Å². The molecular weight excluding hydrogens is 234 g/mol. The average Bonchev–Trinajstić information content (AvgIpc) is 2.45. The molecule has 0 unspecified atom stereocenters. The van der Waals surface area contributed by atoms with Crippen LogP contribution in [0.4, 0.5) is 0 Å². The van der Waals surface area contributed by atoms with Gasteiger partial charge in [-0.25, -0.2) is 8.42 Å². The monoisotopic (exact) mass is 243 g/mol. The molecule has 0 radical (unpaired) electrons. The molecule has 0 amide bonds. The minimum Gasteiger partial charge on any atom is -0.356 e. The zero-order valence-electron chi connectivity index (χ0n) is 8.12. The van der Waals surface area contributed by atoms with E-state index in [2.05, 4.69) is 4.98 Å². The Morgan fingerprint density at radius 1 is 1.40 bits per heavy atom. The predicted octanol–water partition coefficient (Wildman–Crippen LogP) is 2.37. The third kappa shape index (κ3) is 2.33. The van der Waals surface area contributed by atoms with Gasteiger partial charge in [-0.05, 0) is 12.1 Å². The van der Waals surface area contributed by atoms with Crippen LogP contribution in [0.15, 0.2) is 24.3 Å². The van der Waals surface area contributed by atoms with Crippen molar-refractivity contribution < 1.29 is 8.42 Å². The summed E-state index contributed by atoms with van der Waals surface area (Å²) in [5, 5.41) is 1.54. The summed E-state index contributed by atoms with van der Waals surface area (Å²) in [4.78, 5) is 3.01. The molecule has 0 atom stereocenters. The minimum absolute atomic E-state index is 0.0119. The van der Waals surface area contributed by atoms with Crippen LogP contribution in [0.25, 0.3) is 10.9 Å². The Balaban J connectivity index is 2.53. The van der Waals surface area contributed by atoms with Crippen LogP contribution in [-0.2, 0) is 15.6 Å². The van der Waals surface area contributed by atoms with E-state index in [0.29, 0.717) is 10.7 Å². The molecule has 1 heterocycles. The van der Waals surface area contributed by atoms with Gasteiger partial charge in [-0.2, -0.15) is 0 Å². The molecule has 3 nitrogen and oxygen atoms in total. The van der Waals surface area contributed by atoms with Gasteiger partial charge >= 0.3 is 0 Å². The lowest BCUT2D eigenvalue weighted by Crippen LogP contribution is -2.00. The minimum atomic E-state index is -3.01. The summed E-state index contributed by atoms with van der Waals surface area (Å²) >= 11 is 5.96. The largest absolute Gasteiger partial charge is 0.356 e. The number of aromatic amines is 1. The molecule has 15 heavy (non-hydrogen) atoms. The van der Waals surface area contributed by atoms with Gasteiger partial charge in [-0.1, -0.05) is 23.7 Å². The highest BCUT2D eigenvalue weighted by Crippen LogP contribution is 2.23. The number of aromatic nitrogens is 1. The van der Waals surface area contributed by atoms with Crippen molar-refractivity contribution in [2.75, 3.05) is 6.26 Å². The van der Waals surface area contributed by atoms with Crippen molar-refractivity contribution in [2.45, 2.75) is 5.75 Å². The van der Waals surface area contributed by atoms with Gasteiger partial charge in [0.2, 0.25) is 0 Å². The molecule has 1 N–H and O–H groups in total. The first-order valence-corrected chi connectivity index (χ1v) is 6.83. The zero-order chi connectivity index (χ0) is 11.1. The molecule has 2 rings (SSSR count). The van der Waals surface area contributed by atoms with Gasteiger partial charge in [0.1, 0.15) is 0 Å². The number of hydrogen-bond acceptors (Lipinski definition) is 2. The lowest BCUT2D eigenvalue weighted by Gasteiger charge is -1.93. The number of rotatable bonds is 2. The summed E-state index contributed by atoms with van der Waals surface area (Å²) in [5.41, 5.74) is 1.46. The third-order valence-corrected chi connectivity index (χ3v) is 3.23. The molecule has 1 aromatic heterocycles. The Kier molecular flexibility index (Phi) is 2.48. The van der Waals surface area contributed by atoms with Crippen LogP contribution < -0.4 is 0 Å². The molecule has 1 aromatic carbocycles. The van der Waals surface area contributed by atoms with E-state index in [1.54, 1.807) is 6.07 Å². The van der Waals surface area contributed by atoms with E-state index >= 15 is 0 Å². The normalized spacial score (nSPS) is 12.1. The van der Waals surface area contributed by atoms with E-state index in [9.17, 15) is 8.42 Å². The second-order valence-corrected chi connectivity index (χ2v) is 6.12. The van der Waals surface area contributed by atoms with Crippen LogP contribution in [0.2, 0.25) is 5.02 Å². The number of H-pyrrole nitrogens is 1. The van der Waals surface area contributed by atoms with Crippen molar-refractivity contribution in [1.29, 1.82) is 0 Å². The van der Waals surface area contributed by atoms with Crippen molar-refractivity contribution in [2.24, 2.45) is 0 Å². The van der Waals surface area contributed by atoms with Crippen LogP contribution in [0.3, 0.4) is 0 Å². The Morgan fingerprint density at radius 2 is 2.13 bits per heavy atom. The lowest BCUT2D eigenvalue weighted by atomic mass is 10.2. The molecule has 0 spiro atoms. The van der Waals surface area contributed by atoms with Crippen LogP contribution in [0.1, 0.15) is 5.69 Å². The summed E-state index contributed by atoms with van der Waals surface area (Å²) in [5.74, 6) is 0.0119. The fraction of sp³-hybridized carbons (Fsp3) is 0.200.